The summed E-state index contributed by atoms with van der Waals surface area (Å²) in [6, 6.07) is 14.3. The normalized spacial score (nSPS) is 10.4. The van der Waals surface area contributed by atoms with E-state index in [2.05, 4.69) is 0 Å². The van der Waals surface area contributed by atoms with E-state index in [0.717, 1.165) is 23.3 Å². The summed E-state index contributed by atoms with van der Waals surface area (Å²) >= 11 is 0. The van der Waals surface area contributed by atoms with Crippen LogP contribution < -0.4 is 0 Å². The molecule has 106 valence electrons. The average Bonchev–Trinajstić information content (AvgIpc) is 2.40. The molecule has 0 aliphatic heterocycles. The maximum absolute atomic E-state index is 11.9. The predicted octanol–water partition coefficient (Wildman–Crippen LogP) is 4.90. The van der Waals surface area contributed by atoms with E-state index < -0.39 is 11.7 Å². The van der Waals surface area contributed by atoms with E-state index in [9.17, 15) is 18.0 Å². The van der Waals surface area contributed by atoms with Crippen molar-refractivity contribution in [3.63, 3.8) is 0 Å². The topological polar surface area (TPSA) is 17.1 Å². The highest BCUT2D eigenvalue weighted by molar-refractivity contribution is 5.93. The van der Waals surface area contributed by atoms with Crippen LogP contribution in [0, 0.1) is 6.92 Å². The predicted molar refractivity (Wildman–Crippen MR) is 72.6 cm³/mol. The van der Waals surface area contributed by atoms with Crippen molar-refractivity contribution in [3.8, 4) is 0 Å². The smallest absolute Gasteiger partial charge is 0.295 e. The summed E-state index contributed by atoms with van der Waals surface area (Å²) < 4.78 is 35.8. The van der Waals surface area contributed by atoms with Crippen LogP contribution in [0.1, 0.15) is 28.4 Å². The zero-order valence-corrected chi connectivity index (χ0v) is 11.2. The summed E-state index contributed by atoms with van der Waals surface area (Å²) in [7, 11) is 0. The van der Waals surface area contributed by atoms with Gasteiger partial charge in [0.25, 0.3) is 0 Å². The van der Waals surface area contributed by atoms with Crippen molar-refractivity contribution in [2.75, 3.05) is 0 Å². The van der Waals surface area contributed by atoms with Gasteiger partial charge < -0.3 is 0 Å². The molecule has 1 nitrogen and oxygen atoms in total. The highest BCUT2D eigenvalue weighted by Crippen LogP contribution is 2.28. The second-order valence-electron chi connectivity index (χ2n) is 4.29. The third kappa shape index (κ3) is 5.26. The zero-order chi connectivity index (χ0) is 15.2. The molecule has 0 bridgehead atoms. The van der Waals surface area contributed by atoms with Gasteiger partial charge in [-0.05, 0) is 26.0 Å². The summed E-state index contributed by atoms with van der Waals surface area (Å²) in [5.74, 6) is 0.121. The summed E-state index contributed by atoms with van der Waals surface area (Å²) in [5.41, 5.74) is 1.01. The molecule has 2 aromatic rings. The van der Waals surface area contributed by atoms with Crippen LogP contribution in [0.4, 0.5) is 13.2 Å². The van der Waals surface area contributed by atoms with Gasteiger partial charge in [0, 0.05) is 5.56 Å². The minimum absolute atomic E-state index is 0.121. The molecule has 0 unspecified atom stereocenters. The van der Waals surface area contributed by atoms with Crippen molar-refractivity contribution in [1.29, 1.82) is 0 Å². The second-order valence-corrected chi connectivity index (χ2v) is 4.29. The standard InChI is InChI=1S/C8H7F3.C8H8O/c1-6-2-4-7(5-3-6)8(9,10)11;1-7(9)8-5-3-2-4-6-8/h2-5H,1H3;2-6H,1H3. The first-order valence-electron chi connectivity index (χ1n) is 6.00. The summed E-state index contributed by atoms with van der Waals surface area (Å²) in [6.45, 7) is 3.31. The third-order valence-corrected chi connectivity index (χ3v) is 2.56. The quantitative estimate of drug-likeness (QED) is 0.679. The lowest BCUT2D eigenvalue weighted by Gasteiger charge is -2.05. The van der Waals surface area contributed by atoms with Crippen LogP contribution in [0.25, 0.3) is 0 Å². The van der Waals surface area contributed by atoms with E-state index in [1.54, 1.807) is 13.8 Å². The van der Waals surface area contributed by atoms with Crippen molar-refractivity contribution < 1.29 is 18.0 Å². The molecule has 0 fully saturated rings. The second kappa shape index (κ2) is 6.89. The van der Waals surface area contributed by atoms with Gasteiger partial charge in [0.2, 0.25) is 0 Å². The van der Waals surface area contributed by atoms with E-state index in [4.69, 9.17) is 0 Å². The van der Waals surface area contributed by atoms with E-state index in [-0.39, 0.29) is 5.78 Å². The van der Waals surface area contributed by atoms with Gasteiger partial charge in [-0.2, -0.15) is 13.2 Å². The van der Waals surface area contributed by atoms with Crippen LogP contribution in [0.2, 0.25) is 0 Å². The molecule has 0 radical (unpaired) electrons. The van der Waals surface area contributed by atoms with Crippen molar-refractivity contribution in [2.45, 2.75) is 20.0 Å². The largest absolute Gasteiger partial charge is 0.416 e. The van der Waals surface area contributed by atoms with Crippen molar-refractivity contribution in [3.05, 3.63) is 71.3 Å². The molecule has 0 amide bonds. The van der Waals surface area contributed by atoms with Crippen LogP contribution in [-0.4, -0.2) is 5.78 Å². The number of rotatable bonds is 1. The lowest BCUT2D eigenvalue weighted by atomic mass is 10.1. The molecule has 0 N–H and O–H groups in total. The lowest BCUT2D eigenvalue weighted by molar-refractivity contribution is -0.137. The monoisotopic (exact) mass is 280 g/mol. The van der Waals surface area contributed by atoms with Gasteiger partial charge in [-0.1, -0.05) is 48.0 Å². The molecular weight excluding hydrogens is 265 g/mol. The molecule has 0 saturated heterocycles. The highest BCUT2D eigenvalue weighted by Gasteiger charge is 2.29. The first-order chi connectivity index (χ1) is 9.30. The number of hydrogen-bond acceptors (Lipinski definition) is 1. The van der Waals surface area contributed by atoms with E-state index in [1.165, 1.54) is 12.1 Å². The first kappa shape index (κ1) is 16.0. The number of aryl methyl sites for hydroxylation is 1. The average molecular weight is 280 g/mol. The number of benzene rings is 2. The zero-order valence-electron chi connectivity index (χ0n) is 11.2. The van der Waals surface area contributed by atoms with Gasteiger partial charge in [-0.25, -0.2) is 0 Å². The highest BCUT2D eigenvalue weighted by atomic mass is 19.4. The van der Waals surface area contributed by atoms with Crippen molar-refractivity contribution >= 4 is 5.78 Å². The van der Waals surface area contributed by atoms with Gasteiger partial charge >= 0.3 is 6.18 Å². The van der Waals surface area contributed by atoms with Crippen molar-refractivity contribution in [1.82, 2.24) is 0 Å². The molecule has 0 aromatic heterocycles. The molecule has 0 atom stereocenters. The van der Waals surface area contributed by atoms with Gasteiger partial charge in [0.05, 0.1) is 5.56 Å². The lowest BCUT2D eigenvalue weighted by Crippen LogP contribution is -2.03. The molecule has 0 heterocycles. The Kier molecular flexibility index (Phi) is 5.50. The molecule has 2 aromatic carbocycles. The summed E-state index contributed by atoms with van der Waals surface area (Å²) in [6.07, 6.45) is -4.21. The molecular formula is C16H15F3O. The SMILES string of the molecule is CC(=O)c1ccccc1.Cc1ccc(C(F)(F)F)cc1. The van der Waals surface area contributed by atoms with Gasteiger partial charge in [-0.15, -0.1) is 0 Å². The maximum atomic E-state index is 11.9. The van der Waals surface area contributed by atoms with Crippen LogP contribution >= 0.6 is 0 Å². The Morgan fingerprint density at radius 2 is 1.40 bits per heavy atom. The Hall–Kier alpha value is -2.10. The Balaban J connectivity index is 0.000000204. The Bertz CT molecular complexity index is 542. The van der Waals surface area contributed by atoms with E-state index in [0.29, 0.717) is 0 Å². The van der Waals surface area contributed by atoms with Crippen LogP contribution in [0.5, 0.6) is 0 Å². The molecule has 0 aliphatic rings. The Labute approximate surface area is 116 Å². The minimum Gasteiger partial charge on any atom is -0.295 e. The molecule has 0 aliphatic carbocycles. The number of Topliss-reactive ketones (excluding diaryl/α,β-unsaturated/α-hetero) is 1. The number of carbonyl (C=O) groups is 1. The molecule has 2 rings (SSSR count). The number of halogens is 3. The number of hydrogen-bond donors (Lipinski definition) is 0. The fraction of sp³-hybridized carbons (Fsp3) is 0.188. The van der Waals surface area contributed by atoms with Crippen LogP contribution in [0.3, 0.4) is 0 Å². The van der Waals surface area contributed by atoms with Gasteiger partial charge in [0.15, 0.2) is 5.78 Å². The van der Waals surface area contributed by atoms with Crippen LogP contribution in [-0.2, 0) is 6.18 Å². The maximum Gasteiger partial charge on any atom is 0.416 e. The summed E-state index contributed by atoms with van der Waals surface area (Å²) in [5, 5.41) is 0. The molecule has 0 spiro atoms. The third-order valence-electron chi connectivity index (χ3n) is 2.56. The van der Waals surface area contributed by atoms with E-state index in [1.807, 2.05) is 30.3 Å². The number of ketones is 1. The Morgan fingerprint density at radius 1 is 0.900 bits per heavy atom. The van der Waals surface area contributed by atoms with Gasteiger partial charge in [0.1, 0.15) is 0 Å². The number of carbonyl (C=O) groups excluding carboxylic acids is 1. The fourth-order valence-corrected chi connectivity index (χ4v) is 1.42. The molecule has 20 heavy (non-hydrogen) atoms. The fourth-order valence-electron chi connectivity index (χ4n) is 1.42. The summed E-state index contributed by atoms with van der Waals surface area (Å²) in [4.78, 5) is 10.6. The number of alkyl halides is 3. The van der Waals surface area contributed by atoms with E-state index >= 15 is 0 Å². The molecule has 4 heteroatoms. The molecule has 0 saturated carbocycles. The Morgan fingerprint density at radius 3 is 1.75 bits per heavy atom. The van der Waals surface area contributed by atoms with Crippen LogP contribution in [0.15, 0.2) is 54.6 Å². The van der Waals surface area contributed by atoms with Gasteiger partial charge in [-0.3, -0.25) is 4.79 Å². The van der Waals surface area contributed by atoms with Crippen molar-refractivity contribution in [2.24, 2.45) is 0 Å². The first-order valence-corrected chi connectivity index (χ1v) is 6.00. The minimum atomic E-state index is -4.21.